The first kappa shape index (κ1) is 8.39. The third-order valence-corrected chi connectivity index (χ3v) is 1.21. The third-order valence-electron chi connectivity index (χ3n) is 0.913. The summed E-state index contributed by atoms with van der Waals surface area (Å²) >= 11 is 4.06. The van der Waals surface area contributed by atoms with E-state index in [0.29, 0.717) is 0 Å². The number of hydrogen-bond acceptors (Lipinski definition) is 1. The van der Waals surface area contributed by atoms with Gasteiger partial charge in [0.25, 0.3) is 0 Å². The Hall–Kier alpha value is -0.610. The summed E-state index contributed by atoms with van der Waals surface area (Å²) in [6.45, 7) is 5.52. The van der Waals surface area contributed by atoms with Crippen molar-refractivity contribution in [1.82, 2.24) is 0 Å². The summed E-state index contributed by atoms with van der Waals surface area (Å²) in [5.41, 5.74) is 1.06. The molecule has 0 aliphatic rings. The van der Waals surface area contributed by atoms with Crippen LogP contribution in [0.15, 0.2) is 24.3 Å². The lowest BCUT2D eigenvalue weighted by atomic mass is 10.2. The van der Waals surface area contributed by atoms with Gasteiger partial charge in [-0.25, -0.2) is 0 Å². The highest BCUT2D eigenvalue weighted by molar-refractivity contribution is 7.81. The smallest absolute Gasteiger partial charge is 0.0810 e. The van der Waals surface area contributed by atoms with Crippen molar-refractivity contribution in [2.75, 3.05) is 0 Å². The number of rotatable bonds is 2. The molecule has 0 aliphatic heterocycles. The van der Waals surface area contributed by atoms with Crippen LogP contribution in [-0.2, 0) is 0 Å². The maximum Gasteiger partial charge on any atom is 0.0810 e. The molecule has 1 atom stereocenters. The monoisotopic (exact) mass is 138 g/mol. The van der Waals surface area contributed by atoms with E-state index in [0.717, 1.165) is 5.57 Å². The molecule has 0 saturated carbocycles. The Morgan fingerprint density at radius 3 is 2.78 bits per heavy atom. The lowest BCUT2D eigenvalue weighted by Gasteiger charge is -1.93. The second-order valence-electron chi connectivity index (χ2n) is 1.73. The number of terminal acetylenes is 1. The quantitative estimate of drug-likeness (QED) is 0.337. The van der Waals surface area contributed by atoms with Crippen LogP contribution in [-0.4, -0.2) is 5.25 Å². The molecule has 0 N–H and O–H groups in total. The second kappa shape index (κ2) is 4.29. The summed E-state index contributed by atoms with van der Waals surface area (Å²) in [7, 11) is 0. The zero-order valence-electron chi connectivity index (χ0n) is 5.46. The standard InChI is InChI=1S/C8H10S/c1-4-7(3)6-8(9)5-2/h2,4,6,8-9H,1H2,3H3/b7-6+. The zero-order chi connectivity index (χ0) is 7.28. The molecule has 48 valence electrons. The summed E-state index contributed by atoms with van der Waals surface area (Å²) in [4.78, 5) is 0. The molecule has 0 rings (SSSR count). The Bertz CT molecular complexity index is 160. The Kier molecular flexibility index (Phi) is 4.00. The van der Waals surface area contributed by atoms with Gasteiger partial charge < -0.3 is 0 Å². The van der Waals surface area contributed by atoms with E-state index in [1.807, 2.05) is 13.0 Å². The molecule has 0 radical (unpaired) electrons. The van der Waals surface area contributed by atoms with Crippen molar-refractivity contribution in [3.05, 3.63) is 24.3 Å². The van der Waals surface area contributed by atoms with E-state index >= 15 is 0 Å². The first-order valence-electron chi connectivity index (χ1n) is 2.65. The average Bonchev–Trinajstić information content (AvgIpc) is 1.87. The van der Waals surface area contributed by atoms with Crippen molar-refractivity contribution in [3.8, 4) is 12.3 Å². The van der Waals surface area contributed by atoms with E-state index in [1.165, 1.54) is 0 Å². The normalized spacial score (nSPS) is 14.1. The van der Waals surface area contributed by atoms with Crippen LogP contribution in [0, 0.1) is 12.3 Å². The fourth-order valence-electron chi connectivity index (χ4n) is 0.365. The van der Waals surface area contributed by atoms with Crippen molar-refractivity contribution in [2.45, 2.75) is 12.2 Å². The minimum absolute atomic E-state index is 0.0806. The molecule has 0 fully saturated rings. The molecule has 0 nitrogen and oxygen atoms in total. The molecular weight excluding hydrogens is 128 g/mol. The summed E-state index contributed by atoms with van der Waals surface area (Å²) in [6.07, 6.45) is 8.69. The third kappa shape index (κ3) is 3.93. The van der Waals surface area contributed by atoms with E-state index in [-0.39, 0.29) is 5.25 Å². The summed E-state index contributed by atoms with van der Waals surface area (Å²) in [5.74, 6) is 2.47. The van der Waals surface area contributed by atoms with Crippen LogP contribution >= 0.6 is 12.6 Å². The second-order valence-corrected chi connectivity index (χ2v) is 2.28. The Morgan fingerprint density at radius 1 is 1.89 bits per heavy atom. The Balaban J connectivity index is 3.98. The lowest BCUT2D eigenvalue weighted by molar-refractivity contribution is 1.41. The molecule has 1 unspecified atom stereocenters. The van der Waals surface area contributed by atoms with E-state index in [1.54, 1.807) is 6.08 Å². The molecule has 0 aliphatic carbocycles. The SMILES string of the molecule is C#CC(S)/C=C(\C)C=C. The molecule has 0 heterocycles. The van der Waals surface area contributed by atoms with Gasteiger partial charge in [-0.1, -0.05) is 30.2 Å². The molecule has 0 aromatic carbocycles. The van der Waals surface area contributed by atoms with Gasteiger partial charge in [-0.2, -0.15) is 12.6 Å². The first-order valence-corrected chi connectivity index (χ1v) is 3.17. The molecule has 9 heavy (non-hydrogen) atoms. The largest absolute Gasteiger partial charge is 0.159 e. The molecule has 0 aromatic rings. The zero-order valence-corrected chi connectivity index (χ0v) is 6.36. The van der Waals surface area contributed by atoms with Crippen LogP contribution in [0.4, 0.5) is 0 Å². The molecule has 1 heteroatoms. The van der Waals surface area contributed by atoms with Gasteiger partial charge in [0.05, 0.1) is 5.25 Å². The van der Waals surface area contributed by atoms with Gasteiger partial charge in [-0.05, 0) is 6.92 Å². The number of allylic oxidation sites excluding steroid dienone is 2. The Morgan fingerprint density at radius 2 is 2.44 bits per heavy atom. The van der Waals surface area contributed by atoms with Crippen LogP contribution < -0.4 is 0 Å². The van der Waals surface area contributed by atoms with Gasteiger partial charge in [0, 0.05) is 0 Å². The van der Waals surface area contributed by atoms with Crippen molar-refractivity contribution in [1.29, 1.82) is 0 Å². The molecule has 0 amide bonds. The molecule has 0 aromatic heterocycles. The first-order chi connectivity index (χ1) is 4.20. The number of thiol groups is 1. The Labute approximate surface area is 62.1 Å². The minimum Gasteiger partial charge on any atom is -0.159 e. The summed E-state index contributed by atoms with van der Waals surface area (Å²) in [6, 6.07) is 0. The highest BCUT2D eigenvalue weighted by Gasteiger charge is 1.88. The maximum absolute atomic E-state index is 5.07. The van der Waals surface area contributed by atoms with Crippen LogP contribution in [0.25, 0.3) is 0 Å². The number of hydrogen-bond donors (Lipinski definition) is 1. The van der Waals surface area contributed by atoms with E-state index < -0.39 is 0 Å². The van der Waals surface area contributed by atoms with Crippen molar-refractivity contribution in [2.24, 2.45) is 0 Å². The molecule has 0 saturated heterocycles. The van der Waals surface area contributed by atoms with Gasteiger partial charge in [0.2, 0.25) is 0 Å². The van der Waals surface area contributed by atoms with Crippen LogP contribution in [0.1, 0.15) is 6.92 Å². The van der Waals surface area contributed by atoms with Gasteiger partial charge in [-0.15, -0.1) is 6.42 Å². The predicted molar refractivity (Wildman–Crippen MR) is 45.6 cm³/mol. The van der Waals surface area contributed by atoms with Gasteiger partial charge >= 0.3 is 0 Å². The van der Waals surface area contributed by atoms with Crippen LogP contribution in [0.5, 0.6) is 0 Å². The molecular formula is C8H10S. The maximum atomic E-state index is 5.07. The molecule has 0 spiro atoms. The molecule has 0 bridgehead atoms. The average molecular weight is 138 g/mol. The van der Waals surface area contributed by atoms with Gasteiger partial charge in [0.15, 0.2) is 0 Å². The van der Waals surface area contributed by atoms with Crippen molar-refractivity contribution >= 4 is 12.6 Å². The fraction of sp³-hybridized carbons (Fsp3) is 0.250. The van der Waals surface area contributed by atoms with E-state index in [9.17, 15) is 0 Å². The topological polar surface area (TPSA) is 0 Å². The highest BCUT2D eigenvalue weighted by Crippen LogP contribution is 2.00. The fourth-order valence-corrected chi connectivity index (χ4v) is 0.600. The summed E-state index contributed by atoms with van der Waals surface area (Å²) < 4.78 is 0. The predicted octanol–water partition coefficient (Wildman–Crippen LogP) is 2.05. The highest BCUT2D eigenvalue weighted by atomic mass is 32.1. The van der Waals surface area contributed by atoms with E-state index in [2.05, 4.69) is 25.1 Å². The van der Waals surface area contributed by atoms with Crippen LogP contribution in [0.2, 0.25) is 0 Å². The minimum atomic E-state index is -0.0806. The van der Waals surface area contributed by atoms with Crippen molar-refractivity contribution < 1.29 is 0 Å². The van der Waals surface area contributed by atoms with Gasteiger partial charge in [0.1, 0.15) is 0 Å². The summed E-state index contributed by atoms with van der Waals surface area (Å²) in [5, 5.41) is -0.0806. The van der Waals surface area contributed by atoms with Gasteiger partial charge in [-0.3, -0.25) is 0 Å². The van der Waals surface area contributed by atoms with Crippen molar-refractivity contribution in [3.63, 3.8) is 0 Å². The lowest BCUT2D eigenvalue weighted by Crippen LogP contribution is -1.86. The van der Waals surface area contributed by atoms with E-state index in [4.69, 9.17) is 6.42 Å². The van der Waals surface area contributed by atoms with Crippen LogP contribution in [0.3, 0.4) is 0 Å².